The van der Waals surface area contributed by atoms with Crippen molar-refractivity contribution in [3.05, 3.63) is 65.7 Å². The number of hydrogen-bond acceptors (Lipinski definition) is 2. The van der Waals surface area contributed by atoms with Gasteiger partial charge in [-0.05, 0) is 29.7 Å². The third kappa shape index (κ3) is 6.12. The van der Waals surface area contributed by atoms with Crippen molar-refractivity contribution in [3.63, 3.8) is 0 Å². The summed E-state index contributed by atoms with van der Waals surface area (Å²) in [7, 11) is 0. The average molecular weight is 325 g/mol. The highest BCUT2D eigenvalue weighted by atomic mass is 16.2. The van der Waals surface area contributed by atoms with E-state index in [0.29, 0.717) is 6.54 Å². The lowest BCUT2D eigenvalue weighted by atomic mass is 10.1. The molecule has 0 heterocycles. The molecule has 0 atom stereocenters. The zero-order valence-corrected chi connectivity index (χ0v) is 13.8. The van der Waals surface area contributed by atoms with Gasteiger partial charge < -0.3 is 16.0 Å². The van der Waals surface area contributed by atoms with Crippen molar-refractivity contribution in [1.82, 2.24) is 10.6 Å². The van der Waals surface area contributed by atoms with E-state index in [1.165, 1.54) is 5.56 Å². The lowest BCUT2D eigenvalue weighted by Gasteiger charge is -2.09. The van der Waals surface area contributed by atoms with Crippen molar-refractivity contribution < 1.29 is 9.59 Å². The van der Waals surface area contributed by atoms with Crippen LogP contribution in [0.15, 0.2) is 54.6 Å². The smallest absolute Gasteiger partial charge is 0.315 e. The van der Waals surface area contributed by atoms with Gasteiger partial charge in [0.15, 0.2) is 0 Å². The Labute approximate surface area is 142 Å². The van der Waals surface area contributed by atoms with Crippen LogP contribution in [0.3, 0.4) is 0 Å². The number of carbonyl (C=O) groups is 2. The lowest BCUT2D eigenvalue weighted by molar-refractivity contribution is -0.115. The summed E-state index contributed by atoms with van der Waals surface area (Å²) in [6, 6.07) is 17.0. The van der Waals surface area contributed by atoms with Gasteiger partial charge in [0.25, 0.3) is 0 Å². The molecule has 126 valence electrons. The van der Waals surface area contributed by atoms with Crippen LogP contribution in [0.25, 0.3) is 0 Å². The van der Waals surface area contributed by atoms with E-state index in [1.54, 1.807) is 0 Å². The maximum Gasteiger partial charge on any atom is 0.315 e. The maximum atomic E-state index is 11.8. The molecule has 0 bridgehead atoms. The molecule has 5 nitrogen and oxygen atoms in total. The van der Waals surface area contributed by atoms with Crippen molar-refractivity contribution >= 4 is 17.6 Å². The predicted octanol–water partition coefficient (Wildman–Crippen LogP) is 3.08. The van der Waals surface area contributed by atoms with Crippen LogP contribution in [0.5, 0.6) is 0 Å². The molecular formula is C19H23N3O2. The van der Waals surface area contributed by atoms with Crippen LogP contribution in [0.2, 0.25) is 0 Å². The van der Waals surface area contributed by atoms with Crippen molar-refractivity contribution in [2.75, 3.05) is 11.9 Å². The Balaban J connectivity index is 1.69. The number of benzene rings is 2. The van der Waals surface area contributed by atoms with Crippen LogP contribution in [-0.4, -0.2) is 18.5 Å². The third-order valence-electron chi connectivity index (χ3n) is 3.48. The van der Waals surface area contributed by atoms with E-state index in [4.69, 9.17) is 0 Å². The molecular weight excluding hydrogens is 302 g/mol. The summed E-state index contributed by atoms with van der Waals surface area (Å²) in [5, 5.41) is 8.01. The van der Waals surface area contributed by atoms with Gasteiger partial charge in [-0.25, -0.2) is 4.79 Å². The van der Waals surface area contributed by atoms with E-state index in [2.05, 4.69) is 22.9 Å². The Kier molecular flexibility index (Phi) is 6.83. The first-order valence-corrected chi connectivity index (χ1v) is 8.12. The first-order chi connectivity index (χ1) is 11.7. The quantitative estimate of drug-likeness (QED) is 0.732. The molecule has 0 aromatic heterocycles. The molecule has 2 aromatic carbocycles. The molecule has 0 aliphatic heterocycles. The highest BCUT2D eigenvalue weighted by molar-refractivity contribution is 5.94. The number of nitrogens with one attached hydrogen (secondary N) is 3. The van der Waals surface area contributed by atoms with E-state index in [0.717, 1.165) is 24.1 Å². The Morgan fingerprint density at radius 1 is 0.875 bits per heavy atom. The minimum atomic E-state index is -0.368. The molecule has 5 heteroatoms. The van der Waals surface area contributed by atoms with Crippen molar-refractivity contribution in [1.29, 1.82) is 0 Å². The second kappa shape index (κ2) is 9.35. The fraction of sp³-hybridized carbons (Fsp3) is 0.263. The summed E-state index contributed by atoms with van der Waals surface area (Å²) in [4.78, 5) is 23.5. The molecule has 2 aromatic rings. The fourth-order valence-electron chi connectivity index (χ4n) is 2.25. The summed E-state index contributed by atoms with van der Waals surface area (Å²) in [5.74, 6) is -0.256. The largest absolute Gasteiger partial charge is 0.334 e. The topological polar surface area (TPSA) is 70.2 Å². The monoisotopic (exact) mass is 325 g/mol. The van der Waals surface area contributed by atoms with Gasteiger partial charge in [-0.3, -0.25) is 4.79 Å². The average Bonchev–Trinajstić information content (AvgIpc) is 2.61. The first-order valence-electron chi connectivity index (χ1n) is 8.12. The van der Waals surface area contributed by atoms with Gasteiger partial charge in [0, 0.05) is 12.2 Å². The first kappa shape index (κ1) is 17.5. The molecule has 0 spiro atoms. The van der Waals surface area contributed by atoms with E-state index in [-0.39, 0.29) is 18.5 Å². The zero-order valence-electron chi connectivity index (χ0n) is 13.8. The SMILES string of the molecule is CCCc1ccc(NC(=O)CNC(=O)NCc2ccccc2)cc1. The Morgan fingerprint density at radius 2 is 1.58 bits per heavy atom. The highest BCUT2D eigenvalue weighted by Crippen LogP contribution is 2.10. The molecule has 3 amide bonds. The molecule has 0 saturated carbocycles. The van der Waals surface area contributed by atoms with Crippen LogP contribution >= 0.6 is 0 Å². The summed E-state index contributed by atoms with van der Waals surface area (Å²) in [6.07, 6.45) is 2.12. The normalized spacial score (nSPS) is 10.0. The number of rotatable bonds is 7. The summed E-state index contributed by atoms with van der Waals surface area (Å²) in [5.41, 5.74) is 2.98. The van der Waals surface area contributed by atoms with E-state index >= 15 is 0 Å². The molecule has 3 N–H and O–H groups in total. The number of hydrogen-bond donors (Lipinski definition) is 3. The molecule has 0 aliphatic rings. The van der Waals surface area contributed by atoms with Crippen LogP contribution in [-0.2, 0) is 17.8 Å². The van der Waals surface area contributed by atoms with Crippen molar-refractivity contribution in [3.8, 4) is 0 Å². The van der Waals surface area contributed by atoms with Crippen molar-refractivity contribution in [2.45, 2.75) is 26.3 Å². The standard InChI is InChI=1S/C19H23N3O2/c1-2-6-15-9-11-17(12-10-15)22-18(23)14-21-19(24)20-13-16-7-4-3-5-8-16/h3-5,7-12H,2,6,13-14H2,1H3,(H,22,23)(H2,20,21,24). The third-order valence-corrected chi connectivity index (χ3v) is 3.48. The zero-order chi connectivity index (χ0) is 17.2. The predicted molar refractivity (Wildman–Crippen MR) is 95.7 cm³/mol. The van der Waals surface area contributed by atoms with E-state index in [9.17, 15) is 9.59 Å². The van der Waals surface area contributed by atoms with Crippen molar-refractivity contribution in [2.24, 2.45) is 0 Å². The Bertz CT molecular complexity index is 654. The molecule has 0 aliphatic carbocycles. The van der Waals surface area contributed by atoms with Gasteiger partial charge in [-0.2, -0.15) is 0 Å². The second-order valence-electron chi connectivity index (χ2n) is 5.52. The van der Waals surface area contributed by atoms with Gasteiger partial charge >= 0.3 is 6.03 Å². The van der Waals surface area contributed by atoms with Crippen LogP contribution in [0.1, 0.15) is 24.5 Å². The van der Waals surface area contributed by atoms with Crippen LogP contribution in [0.4, 0.5) is 10.5 Å². The van der Waals surface area contributed by atoms with Crippen LogP contribution in [0, 0.1) is 0 Å². The van der Waals surface area contributed by atoms with E-state index in [1.807, 2.05) is 54.6 Å². The number of urea groups is 1. The summed E-state index contributed by atoms with van der Waals surface area (Å²) < 4.78 is 0. The van der Waals surface area contributed by atoms with E-state index < -0.39 is 0 Å². The molecule has 2 rings (SSSR count). The summed E-state index contributed by atoms with van der Waals surface area (Å²) in [6.45, 7) is 2.48. The Hall–Kier alpha value is -2.82. The second-order valence-corrected chi connectivity index (χ2v) is 5.52. The van der Waals surface area contributed by atoms with Gasteiger partial charge in [0.2, 0.25) is 5.91 Å². The number of carbonyl (C=O) groups excluding carboxylic acids is 2. The van der Waals surface area contributed by atoms with Gasteiger partial charge in [0.1, 0.15) is 0 Å². The van der Waals surface area contributed by atoms with Gasteiger partial charge in [-0.15, -0.1) is 0 Å². The number of amides is 3. The fourth-order valence-corrected chi connectivity index (χ4v) is 2.25. The highest BCUT2D eigenvalue weighted by Gasteiger charge is 2.05. The van der Waals surface area contributed by atoms with Crippen LogP contribution < -0.4 is 16.0 Å². The number of anilines is 1. The molecule has 0 radical (unpaired) electrons. The molecule has 24 heavy (non-hydrogen) atoms. The molecule has 0 unspecified atom stereocenters. The number of aryl methyl sites for hydroxylation is 1. The minimum Gasteiger partial charge on any atom is -0.334 e. The minimum absolute atomic E-state index is 0.0721. The molecule has 0 fully saturated rings. The van der Waals surface area contributed by atoms with Gasteiger partial charge in [-0.1, -0.05) is 55.8 Å². The van der Waals surface area contributed by atoms with Gasteiger partial charge in [0.05, 0.1) is 6.54 Å². The Morgan fingerprint density at radius 3 is 2.25 bits per heavy atom. The lowest BCUT2D eigenvalue weighted by Crippen LogP contribution is -2.39. The maximum absolute atomic E-state index is 11.8. The molecule has 0 saturated heterocycles. The summed E-state index contributed by atoms with van der Waals surface area (Å²) >= 11 is 0.